The normalized spacial score (nSPS) is 10.2. The van der Waals surface area contributed by atoms with Gasteiger partial charge in [-0.25, -0.2) is 4.79 Å². The molecule has 2 N–H and O–H groups in total. The maximum Gasteiger partial charge on any atom is 0.349 e. The topological polar surface area (TPSA) is 88.4 Å². The molecular weight excluding hydrogens is 260 g/mol. The summed E-state index contributed by atoms with van der Waals surface area (Å²) in [6, 6.07) is 8.45. The number of hydrogen-bond donors (Lipinski definition) is 2. The van der Waals surface area contributed by atoms with Gasteiger partial charge in [0, 0.05) is 25.4 Å². The van der Waals surface area contributed by atoms with Crippen molar-refractivity contribution in [3.8, 4) is 0 Å². The van der Waals surface area contributed by atoms with Gasteiger partial charge in [-0.15, -0.1) is 0 Å². The molecule has 20 heavy (non-hydrogen) atoms. The van der Waals surface area contributed by atoms with Crippen LogP contribution in [0.1, 0.15) is 17.3 Å². The minimum atomic E-state index is -0.680. The smallest absolute Gasteiger partial charge is 0.349 e. The molecule has 0 spiro atoms. The Morgan fingerprint density at radius 2 is 1.85 bits per heavy atom. The Labute approximate surface area is 114 Å². The van der Waals surface area contributed by atoms with Gasteiger partial charge in [-0.2, -0.15) is 0 Å². The standard InChI is InChI=1S/C14H14N2O4/c1-9(17)15-6-7-16-13(18)11-8-10-4-2-3-5-12(10)20-14(11)19/h2-5,8H,6-7H2,1H3,(H,15,17)(H,16,18). The van der Waals surface area contributed by atoms with Gasteiger partial charge < -0.3 is 15.1 Å². The zero-order valence-electron chi connectivity index (χ0n) is 10.9. The molecule has 0 aliphatic carbocycles. The van der Waals surface area contributed by atoms with Crippen molar-refractivity contribution in [2.24, 2.45) is 0 Å². The lowest BCUT2D eigenvalue weighted by Crippen LogP contribution is -2.35. The maximum absolute atomic E-state index is 11.9. The van der Waals surface area contributed by atoms with Gasteiger partial charge in [0.15, 0.2) is 0 Å². The Hall–Kier alpha value is -2.63. The number of carbonyl (C=O) groups excluding carboxylic acids is 2. The van der Waals surface area contributed by atoms with Crippen molar-refractivity contribution < 1.29 is 14.0 Å². The highest BCUT2D eigenvalue weighted by Gasteiger charge is 2.12. The molecule has 1 heterocycles. The van der Waals surface area contributed by atoms with E-state index in [1.54, 1.807) is 24.3 Å². The average Bonchev–Trinajstić information content (AvgIpc) is 2.42. The molecule has 0 unspecified atom stereocenters. The number of carbonyl (C=O) groups is 2. The van der Waals surface area contributed by atoms with E-state index < -0.39 is 11.5 Å². The third kappa shape index (κ3) is 3.23. The van der Waals surface area contributed by atoms with Crippen LogP contribution in [0.3, 0.4) is 0 Å². The number of hydrogen-bond acceptors (Lipinski definition) is 4. The van der Waals surface area contributed by atoms with Crippen LogP contribution in [0.5, 0.6) is 0 Å². The second-order valence-electron chi connectivity index (χ2n) is 4.22. The molecule has 2 rings (SSSR count). The second-order valence-corrected chi connectivity index (χ2v) is 4.22. The molecule has 104 valence electrons. The molecule has 0 saturated heterocycles. The third-order valence-electron chi connectivity index (χ3n) is 2.67. The first kappa shape index (κ1) is 13.8. The van der Waals surface area contributed by atoms with Gasteiger partial charge in [0.1, 0.15) is 11.1 Å². The van der Waals surface area contributed by atoms with Crippen molar-refractivity contribution in [1.29, 1.82) is 0 Å². The maximum atomic E-state index is 11.9. The first-order valence-corrected chi connectivity index (χ1v) is 6.13. The minimum absolute atomic E-state index is 0.0495. The van der Waals surface area contributed by atoms with E-state index in [9.17, 15) is 14.4 Å². The summed E-state index contributed by atoms with van der Waals surface area (Å²) in [6.45, 7) is 1.93. The fourth-order valence-corrected chi connectivity index (χ4v) is 1.73. The van der Waals surface area contributed by atoms with Gasteiger partial charge in [0.2, 0.25) is 5.91 Å². The third-order valence-corrected chi connectivity index (χ3v) is 2.67. The number of amides is 2. The summed E-state index contributed by atoms with van der Waals surface area (Å²) in [5.41, 5.74) is -0.292. The first-order valence-electron chi connectivity index (χ1n) is 6.13. The predicted molar refractivity (Wildman–Crippen MR) is 73.5 cm³/mol. The largest absolute Gasteiger partial charge is 0.422 e. The van der Waals surface area contributed by atoms with Crippen LogP contribution < -0.4 is 16.3 Å². The van der Waals surface area contributed by atoms with Crippen molar-refractivity contribution in [2.45, 2.75) is 6.92 Å². The SMILES string of the molecule is CC(=O)NCCNC(=O)c1cc2ccccc2oc1=O. The molecule has 6 heteroatoms. The molecular formula is C14H14N2O4. The molecule has 1 aromatic heterocycles. The van der Waals surface area contributed by atoms with Crippen molar-refractivity contribution in [2.75, 3.05) is 13.1 Å². The quantitative estimate of drug-likeness (QED) is 0.633. The van der Waals surface area contributed by atoms with Crippen molar-refractivity contribution in [3.63, 3.8) is 0 Å². The van der Waals surface area contributed by atoms with Crippen LogP contribution in [-0.4, -0.2) is 24.9 Å². The minimum Gasteiger partial charge on any atom is -0.422 e. The molecule has 1 aromatic carbocycles. The summed E-state index contributed by atoms with van der Waals surface area (Å²) < 4.78 is 5.07. The van der Waals surface area contributed by atoms with Crippen LogP contribution in [0, 0.1) is 0 Å². The van der Waals surface area contributed by atoms with E-state index in [-0.39, 0.29) is 18.0 Å². The molecule has 0 bridgehead atoms. The molecule has 0 saturated carbocycles. The Balaban J connectivity index is 2.11. The summed E-state index contributed by atoms with van der Waals surface area (Å²) in [5, 5.41) is 5.77. The van der Waals surface area contributed by atoms with E-state index in [4.69, 9.17) is 4.42 Å². The van der Waals surface area contributed by atoms with Crippen LogP contribution in [0.25, 0.3) is 11.0 Å². The fourth-order valence-electron chi connectivity index (χ4n) is 1.73. The molecule has 6 nitrogen and oxygen atoms in total. The zero-order valence-corrected chi connectivity index (χ0v) is 10.9. The Kier molecular flexibility index (Phi) is 4.14. The van der Waals surface area contributed by atoms with Gasteiger partial charge in [-0.3, -0.25) is 9.59 Å². The lowest BCUT2D eigenvalue weighted by Gasteiger charge is -2.05. The van der Waals surface area contributed by atoms with Crippen LogP contribution in [0.4, 0.5) is 0 Å². The lowest BCUT2D eigenvalue weighted by molar-refractivity contribution is -0.118. The number of para-hydroxylation sites is 1. The van der Waals surface area contributed by atoms with E-state index in [1.165, 1.54) is 13.0 Å². The number of fused-ring (bicyclic) bond motifs is 1. The molecule has 0 atom stereocenters. The highest BCUT2D eigenvalue weighted by Crippen LogP contribution is 2.12. The number of nitrogens with one attached hydrogen (secondary N) is 2. The highest BCUT2D eigenvalue weighted by atomic mass is 16.4. The van der Waals surface area contributed by atoms with Crippen molar-refractivity contribution in [3.05, 3.63) is 46.3 Å². The zero-order chi connectivity index (χ0) is 14.5. The lowest BCUT2D eigenvalue weighted by atomic mass is 10.2. The molecule has 2 aromatic rings. The van der Waals surface area contributed by atoms with Gasteiger partial charge in [-0.05, 0) is 12.1 Å². The summed E-state index contributed by atoms with van der Waals surface area (Å²) in [4.78, 5) is 34.3. The number of rotatable bonds is 4. The predicted octanol–water partition coefficient (Wildman–Crippen LogP) is 0.659. The molecule has 0 radical (unpaired) electrons. The van der Waals surface area contributed by atoms with E-state index >= 15 is 0 Å². The Morgan fingerprint density at radius 3 is 2.60 bits per heavy atom. The molecule has 0 aliphatic rings. The van der Waals surface area contributed by atoms with Crippen LogP contribution in [0.2, 0.25) is 0 Å². The van der Waals surface area contributed by atoms with Crippen LogP contribution >= 0.6 is 0 Å². The first-order chi connectivity index (χ1) is 9.58. The van der Waals surface area contributed by atoms with Gasteiger partial charge >= 0.3 is 5.63 Å². The van der Waals surface area contributed by atoms with E-state index in [0.29, 0.717) is 17.5 Å². The van der Waals surface area contributed by atoms with E-state index in [2.05, 4.69) is 10.6 Å². The van der Waals surface area contributed by atoms with Crippen molar-refractivity contribution in [1.82, 2.24) is 10.6 Å². The van der Waals surface area contributed by atoms with E-state index in [1.807, 2.05) is 0 Å². The van der Waals surface area contributed by atoms with Gasteiger partial charge in [0.05, 0.1) is 0 Å². The molecule has 0 fully saturated rings. The monoisotopic (exact) mass is 274 g/mol. The fraction of sp³-hybridized carbons (Fsp3) is 0.214. The summed E-state index contributed by atoms with van der Waals surface area (Å²) in [5.74, 6) is -0.695. The van der Waals surface area contributed by atoms with Crippen LogP contribution in [-0.2, 0) is 4.79 Å². The Morgan fingerprint density at radius 1 is 1.15 bits per heavy atom. The second kappa shape index (κ2) is 6.01. The van der Waals surface area contributed by atoms with Gasteiger partial charge in [-0.1, -0.05) is 18.2 Å². The highest BCUT2D eigenvalue weighted by molar-refractivity contribution is 5.96. The van der Waals surface area contributed by atoms with E-state index in [0.717, 1.165) is 0 Å². The summed E-state index contributed by atoms with van der Waals surface area (Å²) >= 11 is 0. The van der Waals surface area contributed by atoms with Crippen molar-refractivity contribution >= 4 is 22.8 Å². The van der Waals surface area contributed by atoms with Crippen LogP contribution in [0.15, 0.2) is 39.5 Å². The average molecular weight is 274 g/mol. The summed E-state index contributed by atoms with van der Waals surface area (Å²) in [6.07, 6.45) is 0. The molecule has 0 aliphatic heterocycles. The summed E-state index contributed by atoms with van der Waals surface area (Å²) in [7, 11) is 0. The molecule has 2 amide bonds. The van der Waals surface area contributed by atoms with Gasteiger partial charge in [0.25, 0.3) is 5.91 Å². The Bertz CT molecular complexity index is 706. The number of benzene rings is 1.